The van der Waals surface area contributed by atoms with Crippen LogP contribution in [0.15, 0.2) is 10.9 Å². The van der Waals surface area contributed by atoms with Crippen LogP contribution in [0.1, 0.15) is 46.7 Å². The minimum atomic E-state index is -3.25. The Labute approximate surface area is 131 Å². The Morgan fingerprint density at radius 3 is 2.65 bits per heavy atom. The van der Waals surface area contributed by atoms with Crippen molar-refractivity contribution in [1.29, 1.82) is 0 Å². The highest BCUT2D eigenvalue weighted by Crippen LogP contribution is 2.33. The standard InChI is InChI=1S/C15H19F2N3O3/c1-14(2)4-10-8(11(21)5-14)3-9(13(23)20-10)12(22)19-7-15(16,17)6-18/h3H,4-7,18H2,1-2H3,(H,19,22)(H,20,23). The first-order valence-electron chi connectivity index (χ1n) is 7.20. The van der Waals surface area contributed by atoms with E-state index in [9.17, 15) is 23.2 Å². The number of Topliss-reactive ketones (excluding diaryl/α,β-unsaturated/α-hetero) is 1. The Balaban J connectivity index is 2.29. The molecular formula is C15H19F2N3O3. The number of hydrogen-bond donors (Lipinski definition) is 3. The SMILES string of the molecule is CC1(C)CC(=O)c2cc(C(=O)NCC(F)(F)CN)c(=O)[nH]c2C1. The third kappa shape index (κ3) is 3.82. The molecule has 0 saturated carbocycles. The Morgan fingerprint density at radius 1 is 1.39 bits per heavy atom. The highest BCUT2D eigenvalue weighted by Gasteiger charge is 2.33. The van der Waals surface area contributed by atoms with E-state index in [4.69, 9.17) is 5.73 Å². The van der Waals surface area contributed by atoms with Crippen LogP contribution in [-0.4, -0.2) is 35.7 Å². The number of alkyl halides is 2. The number of nitrogens with two attached hydrogens (primary N) is 1. The van der Waals surface area contributed by atoms with Gasteiger partial charge in [0.15, 0.2) is 5.78 Å². The van der Waals surface area contributed by atoms with Crippen molar-refractivity contribution in [3.63, 3.8) is 0 Å². The summed E-state index contributed by atoms with van der Waals surface area (Å²) < 4.78 is 26.1. The summed E-state index contributed by atoms with van der Waals surface area (Å²) in [4.78, 5) is 38.6. The third-order valence-corrected chi connectivity index (χ3v) is 3.77. The smallest absolute Gasteiger partial charge is 0.277 e. The highest BCUT2D eigenvalue weighted by molar-refractivity contribution is 6.02. The van der Waals surface area contributed by atoms with Gasteiger partial charge >= 0.3 is 0 Å². The Morgan fingerprint density at radius 2 is 2.04 bits per heavy atom. The molecular weight excluding hydrogens is 308 g/mol. The lowest BCUT2D eigenvalue weighted by molar-refractivity contribution is 0.0118. The van der Waals surface area contributed by atoms with E-state index in [-0.39, 0.29) is 22.3 Å². The van der Waals surface area contributed by atoms with Crippen molar-refractivity contribution in [1.82, 2.24) is 10.3 Å². The molecule has 0 bridgehead atoms. The number of aromatic amines is 1. The lowest BCUT2D eigenvalue weighted by atomic mass is 9.75. The number of amides is 1. The second-order valence-electron chi connectivity index (χ2n) is 6.59. The first-order chi connectivity index (χ1) is 10.5. The van der Waals surface area contributed by atoms with Crippen LogP contribution in [0.2, 0.25) is 0 Å². The predicted molar refractivity (Wildman–Crippen MR) is 79.8 cm³/mol. The number of hydrogen-bond acceptors (Lipinski definition) is 4. The fourth-order valence-electron chi connectivity index (χ4n) is 2.57. The van der Waals surface area contributed by atoms with Gasteiger partial charge in [-0.15, -0.1) is 0 Å². The zero-order valence-electron chi connectivity index (χ0n) is 13.0. The zero-order chi connectivity index (χ0) is 17.4. The first kappa shape index (κ1) is 17.3. The van der Waals surface area contributed by atoms with Crippen LogP contribution < -0.4 is 16.6 Å². The Bertz CT molecular complexity index is 710. The van der Waals surface area contributed by atoms with Gasteiger partial charge in [-0.25, -0.2) is 8.78 Å². The largest absolute Gasteiger partial charge is 0.346 e. The number of rotatable bonds is 4. The molecule has 0 fully saturated rings. The molecule has 126 valence electrons. The molecule has 2 rings (SSSR count). The fraction of sp³-hybridized carbons (Fsp3) is 0.533. The van der Waals surface area contributed by atoms with Gasteiger partial charge in [0.05, 0.1) is 13.1 Å². The number of nitrogens with one attached hydrogen (secondary N) is 2. The normalized spacial score (nSPS) is 16.8. The fourth-order valence-corrected chi connectivity index (χ4v) is 2.57. The van der Waals surface area contributed by atoms with Crippen LogP contribution in [-0.2, 0) is 6.42 Å². The van der Waals surface area contributed by atoms with Crippen molar-refractivity contribution < 1.29 is 18.4 Å². The van der Waals surface area contributed by atoms with Crippen LogP contribution in [0.3, 0.4) is 0 Å². The van der Waals surface area contributed by atoms with E-state index in [0.717, 1.165) is 0 Å². The molecule has 0 radical (unpaired) electrons. The molecule has 23 heavy (non-hydrogen) atoms. The summed E-state index contributed by atoms with van der Waals surface area (Å²) in [6.07, 6.45) is 0.787. The summed E-state index contributed by atoms with van der Waals surface area (Å²) >= 11 is 0. The number of halogens is 2. The molecule has 0 saturated heterocycles. The highest BCUT2D eigenvalue weighted by atomic mass is 19.3. The van der Waals surface area contributed by atoms with Gasteiger partial charge in [-0.3, -0.25) is 14.4 Å². The van der Waals surface area contributed by atoms with Crippen molar-refractivity contribution >= 4 is 11.7 Å². The Hall–Kier alpha value is -2.09. The molecule has 0 spiro atoms. The molecule has 1 aliphatic rings. The average molecular weight is 327 g/mol. The molecule has 1 aliphatic carbocycles. The zero-order valence-corrected chi connectivity index (χ0v) is 13.0. The predicted octanol–water partition coefficient (Wildman–Crippen LogP) is 0.854. The van der Waals surface area contributed by atoms with Crippen molar-refractivity contribution in [2.45, 2.75) is 32.6 Å². The van der Waals surface area contributed by atoms with E-state index < -0.39 is 30.5 Å². The van der Waals surface area contributed by atoms with Gasteiger partial charge in [0, 0.05) is 17.7 Å². The molecule has 4 N–H and O–H groups in total. The van der Waals surface area contributed by atoms with Gasteiger partial charge < -0.3 is 16.0 Å². The number of carbonyl (C=O) groups is 2. The average Bonchev–Trinajstić information content (AvgIpc) is 2.43. The van der Waals surface area contributed by atoms with Gasteiger partial charge in [-0.2, -0.15) is 0 Å². The van der Waals surface area contributed by atoms with Gasteiger partial charge in [0.25, 0.3) is 17.4 Å². The molecule has 6 nitrogen and oxygen atoms in total. The maximum absolute atomic E-state index is 13.1. The number of aromatic nitrogens is 1. The van der Waals surface area contributed by atoms with Crippen LogP contribution in [0.25, 0.3) is 0 Å². The number of ketones is 1. The molecule has 0 atom stereocenters. The lowest BCUT2D eigenvalue weighted by Gasteiger charge is -2.29. The molecule has 1 aromatic heterocycles. The van der Waals surface area contributed by atoms with E-state index in [0.29, 0.717) is 18.5 Å². The van der Waals surface area contributed by atoms with Crippen molar-refractivity contribution in [3.05, 3.63) is 33.2 Å². The topological polar surface area (TPSA) is 105 Å². The summed E-state index contributed by atoms with van der Waals surface area (Å²) in [5, 5.41) is 1.97. The Kier molecular flexibility index (Phi) is 4.39. The van der Waals surface area contributed by atoms with Crippen LogP contribution in [0.5, 0.6) is 0 Å². The molecule has 0 unspecified atom stereocenters. The molecule has 1 amide bonds. The summed E-state index contributed by atoms with van der Waals surface area (Å²) in [5.41, 5.74) is 4.28. The summed E-state index contributed by atoms with van der Waals surface area (Å²) in [6.45, 7) is 1.92. The van der Waals surface area contributed by atoms with Crippen molar-refractivity contribution in [3.8, 4) is 0 Å². The second kappa shape index (κ2) is 5.84. The summed E-state index contributed by atoms with van der Waals surface area (Å²) in [5.74, 6) is -4.40. The minimum absolute atomic E-state index is 0.186. The maximum Gasteiger partial charge on any atom is 0.277 e. The third-order valence-electron chi connectivity index (χ3n) is 3.77. The van der Waals surface area contributed by atoms with E-state index in [1.165, 1.54) is 6.07 Å². The van der Waals surface area contributed by atoms with Gasteiger partial charge in [-0.1, -0.05) is 13.8 Å². The van der Waals surface area contributed by atoms with Crippen LogP contribution in [0.4, 0.5) is 8.78 Å². The van der Waals surface area contributed by atoms with E-state index in [2.05, 4.69) is 4.98 Å². The van der Waals surface area contributed by atoms with Crippen molar-refractivity contribution in [2.24, 2.45) is 11.1 Å². The van der Waals surface area contributed by atoms with E-state index >= 15 is 0 Å². The monoisotopic (exact) mass is 327 g/mol. The minimum Gasteiger partial charge on any atom is -0.346 e. The summed E-state index contributed by atoms with van der Waals surface area (Å²) in [6, 6.07) is 1.18. The van der Waals surface area contributed by atoms with Gasteiger partial charge in [0.1, 0.15) is 5.56 Å². The van der Waals surface area contributed by atoms with Crippen LogP contribution >= 0.6 is 0 Å². The first-order valence-corrected chi connectivity index (χ1v) is 7.20. The molecule has 8 heteroatoms. The molecule has 0 aromatic carbocycles. The number of pyridine rings is 1. The van der Waals surface area contributed by atoms with Crippen LogP contribution in [0, 0.1) is 5.41 Å². The quantitative estimate of drug-likeness (QED) is 0.762. The summed E-state index contributed by atoms with van der Waals surface area (Å²) in [7, 11) is 0. The van der Waals surface area contributed by atoms with E-state index in [1.807, 2.05) is 19.2 Å². The maximum atomic E-state index is 13.1. The number of carbonyl (C=O) groups excluding carboxylic acids is 2. The second-order valence-corrected chi connectivity index (χ2v) is 6.59. The van der Waals surface area contributed by atoms with Gasteiger partial charge in [-0.05, 0) is 17.9 Å². The molecule has 1 heterocycles. The van der Waals surface area contributed by atoms with E-state index in [1.54, 1.807) is 0 Å². The molecule has 0 aliphatic heterocycles. The molecule has 1 aromatic rings. The lowest BCUT2D eigenvalue weighted by Crippen LogP contribution is -2.43. The number of fused-ring (bicyclic) bond motifs is 1. The van der Waals surface area contributed by atoms with Crippen molar-refractivity contribution in [2.75, 3.05) is 13.1 Å². The number of H-pyrrole nitrogens is 1. The van der Waals surface area contributed by atoms with Gasteiger partial charge in [0.2, 0.25) is 0 Å².